The lowest BCUT2D eigenvalue weighted by molar-refractivity contribution is 0.822. The Bertz CT molecular complexity index is 64.8. The van der Waals surface area contributed by atoms with E-state index in [2.05, 4.69) is 26.0 Å². The minimum absolute atomic E-state index is 0.668. The number of rotatable bonds is 3. The van der Waals surface area contributed by atoms with Crippen molar-refractivity contribution in [2.75, 3.05) is 6.54 Å². The molecule has 0 aliphatic carbocycles. The summed E-state index contributed by atoms with van der Waals surface area (Å²) in [5, 5.41) is 0. The highest BCUT2D eigenvalue weighted by atomic mass is 14.5. The number of nitrogens with two attached hydrogens (primary N) is 1. The second kappa shape index (κ2) is 4.85. The van der Waals surface area contributed by atoms with Crippen LogP contribution >= 0.6 is 0 Å². The Kier molecular flexibility index (Phi) is 4.67. The van der Waals surface area contributed by atoms with E-state index < -0.39 is 0 Å². The molecule has 0 amide bonds. The van der Waals surface area contributed by atoms with Crippen molar-refractivity contribution in [2.24, 2.45) is 11.7 Å². The zero-order chi connectivity index (χ0) is 6.41. The van der Waals surface area contributed by atoms with E-state index in [0.29, 0.717) is 5.92 Å². The maximum atomic E-state index is 5.26. The average molecular weight is 113 g/mol. The van der Waals surface area contributed by atoms with E-state index in [9.17, 15) is 0 Å². The molecule has 0 spiro atoms. The smallest absolute Gasteiger partial charge is 0.00426 e. The van der Waals surface area contributed by atoms with Crippen molar-refractivity contribution in [1.82, 2.24) is 0 Å². The predicted molar refractivity (Wildman–Crippen MR) is 37.6 cm³/mol. The highest BCUT2D eigenvalue weighted by Crippen LogP contribution is 1.93. The van der Waals surface area contributed by atoms with E-state index in [-0.39, 0.29) is 0 Å². The molecule has 0 aromatic heterocycles. The summed E-state index contributed by atoms with van der Waals surface area (Å²) in [6.45, 7) is 5.09. The van der Waals surface area contributed by atoms with Crippen LogP contribution in [0.5, 0.6) is 0 Å². The van der Waals surface area contributed by atoms with Crippen LogP contribution in [0.4, 0.5) is 0 Å². The minimum Gasteiger partial charge on any atom is -0.330 e. The molecular weight excluding hydrogens is 98.1 g/mol. The van der Waals surface area contributed by atoms with Gasteiger partial charge >= 0.3 is 0 Å². The van der Waals surface area contributed by atoms with Gasteiger partial charge in [-0.05, 0) is 18.9 Å². The van der Waals surface area contributed by atoms with Gasteiger partial charge in [0.2, 0.25) is 0 Å². The molecular formula is C7H15N. The molecule has 1 heteroatoms. The van der Waals surface area contributed by atoms with Crippen LogP contribution in [0.25, 0.3) is 0 Å². The lowest BCUT2D eigenvalue weighted by Crippen LogP contribution is -1.95. The zero-order valence-electron chi connectivity index (χ0n) is 5.72. The van der Waals surface area contributed by atoms with Crippen molar-refractivity contribution < 1.29 is 0 Å². The van der Waals surface area contributed by atoms with Gasteiger partial charge in [0, 0.05) is 0 Å². The van der Waals surface area contributed by atoms with Crippen LogP contribution in [0, 0.1) is 5.92 Å². The fourth-order valence-corrected chi connectivity index (χ4v) is 0.465. The lowest BCUT2D eigenvalue weighted by Gasteiger charge is -1.90. The topological polar surface area (TPSA) is 26.0 Å². The Morgan fingerprint density at radius 3 is 2.50 bits per heavy atom. The SMILES string of the molecule is CC(C)C=CCCN. The van der Waals surface area contributed by atoms with Crippen LogP contribution in [0.2, 0.25) is 0 Å². The summed E-state index contributed by atoms with van der Waals surface area (Å²) in [5.41, 5.74) is 5.26. The Hall–Kier alpha value is -0.300. The van der Waals surface area contributed by atoms with Gasteiger partial charge in [-0.1, -0.05) is 26.0 Å². The third-order valence-corrected chi connectivity index (χ3v) is 0.854. The number of allylic oxidation sites excluding steroid dienone is 1. The predicted octanol–water partition coefficient (Wildman–Crippen LogP) is 1.55. The molecule has 0 aliphatic heterocycles. The molecule has 0 fully saturated rings. The molecule has 48 valence electrons. The first-order chi connectivity index (χ1) is 3.77. The Morgan fingerprint density at radius 1 is 1.50 bits per heavy atom. The monoisotopic (exact) mass is 113 g/mol. The summed E-state index contributed by atoms with van der Waals surface area (Å²) in [4.78, 5) is 0. The lowest BCUT2D eigenvalue weighted by atomic mass is 10.2. The Morgan fingerprint density at radius 2 is 2.12 bits per heavy atom. The minimum atomic E-state index is 0.668. The molecule has 0 aromatic rings. The maximum absolute atomic E-state index is 5.26. The quantitative estimate of drug-likeness (QED) is 0.552. The van der Waals surface area contributed by atoms with Crippen LogP contribution in [0.3, 0.4) is 0 Å². The largest absolute Gasteiger partial charge is 0.330 e. The molecule has 0 radical (unpaired) electrons. The molecule has 0 aromatic carbocycles. The first-order valence-electron chi connectivity index (χ1n) is 3.14. The van der Waals surface area contributed by atoms with E-state index in [1.54, 1.807) is 0 Å². The second-order valence-corrected chi connectivity index (χ2v) is 2.25. The van der Waals surface area contributed by atoms with Gasteiger partial charge < -0.3 is 5.73 Å². The average Bonchev–Trinajstić information content (AvgIpc) is 1.66. The molecule has 0 atom stereocenters. The molecule has 0 aliphatic rings. The van der Waals surface area contributed by atoms with E-state index in [1.165, 1.54) is 0 Å². The van der Waals surface area contributed by atoms with Gasteiger partial charge in [-0.2, -0.15) is 0 Å². The highest BCUT2D eigenvalue weighted by molar-refractivity contribution is 4.84. The summed E-state index contributed by atoms with van der Waals surface area (Å²) in [6, 6.07) is 0. The molecule has 8 heavy (non-hydrogen) atoms. The van der Waals surface area contributed by atoms with Crippen molar-refractivity contribution >= 4 is 0 Å². The van der Waals surface area contributed by atoms with Crippen LogP contribution in [0.1, 0.15) is 20.3 Å². The third kappa shape index (κ3) is 5.70. The van der Waals surface area contributed by atoms with Gasteiger partial charge in [-0.3, -0.25) is 0 Å². The molecule has 0 rings (SSSR count). The van der Waals surface area contributed by atoms with Crippen LogP contribution in [-0.4, -0.2) is 6.54 Å². The standard InChI is InChI=1S/C7H15N/c1-7(2)5-3-4-6-8/h3,5,7H,4,6,8H2,1-2H3. The van der Waals surface area contributed by atoms with E-state index in [4.69, 9.17) is 5.73 Å². The van der Waals surface area contributed by atoms with Crippen molar-refractivity contribution in [2.45, 2.75) is 20.3 Å². The van der Waals surface area contributed by atoms with Gasteiger partial charge in [-0.25, -0.2) is 0 Å². The molecule has 2 N–H and O–H groups in total. The number of hydrogen-bond donors (Lipinski definition) is 1. The van der Waals surface area contributed by atoms with Gasteiger partial charge in [0.25, 0.3) is 0 Å². The zero-order valence-corrected chi connectivity index (χ0v) is 5.72. The first-order valence-corrected chi connectivity index (χ1v) is 3.14. The summed E-state index contributed by atoms with van der Waals surface area (Å²) in [5.74, 6) is 0.668. The Labute approximate surface area is 51.6 Å². The fourth-order valence-electron chi connectivity index (χ4n) is 0.465. The molecule has 0 saturated heterocycles. The van der Waals surface area contributed by atoms with Gasteiger partial charge in [0.15, 0.2) is 0 Å². The Balaban J connectivity index is 3.07. The third-order valence-electron chi connectivity index (χ3n) is 0.854. The number of hydrogen-bond acceptors (Lipinski definition) is 1. The first kappa shape index (κ1) is 7.70. The van der Waals surface area contributed by atoms with Crippen molar-refractivity contribution in [3.8, 4) is 0 Å². The van der Waals surface area contributed by atoms with Crippen LogP contribution in [-0.2, 0) is 0 Å². The van der Waals surface area contributed by atoms with E-state index in [1.807, 2.05) is 0 Å². The van der Waals surface area contributed by atoms with Crippen molar-refractivity contribution in [3.05, 3.63) is 12.2 Å². The summed E-state index contributed by atoms with van der Waals surface area (Å²) < 4.78 is 0. The van der Waals surface area contributed by atoms with Crippen LogP contribution < -0.4 is 5.73 Å². The summed E-state index contributed by atoms with van der Waals surface area (Å²) in [6.07, 6.45) is 5.32. The molecule has 0 heterocycles. The van der Waals surface area contributed by atoms with Gasteiger partial charge in [-0.15, -0.1) is 0 Å². The molecule has 1 nitrogen and oxygen atoms in total. The van der Waals surface area contributed by atoms with Crippen molar-refractivity contribution in [3.63, 3.8) is 0 Å². The normalized spacial score (nSPS) is 11.5. The van der Waals surface area contributed by atoms with Crippen molar-refractivity contribution in [1.29, 1.82) is 0 Å². The van der Waals surface area contributed by atoms with Gasteiger partial charge in [0.05, 0.1) is 0 Å². The highest BCUT2D eigenvalue weighted by Gasteiger charge is 1.80. The molecule has 0 bridgehead atoms. The fraction of sp³-hybridized carbons (Fsp3) is 0.714. The summed E-state index contributed by atoms with van der Waals surface area (Å²) in [7, 11) is 0. The van der Waals surface area contributed by atoms with Crippen LogP contribution in [0.15, 0.2) is 12.2 Å². The maximum Gasteiger partial charge on any atom is -0.00426 e. The van der Waals surface area contributed by atoms with E-state index in [0.717, 1.165) is 13.0 Å². The van der Waals surface area contributed by atoms with Gasteiger partial charge in [0.1, 0.15) is 0 Å². The van der Waals surface area contributed by atoms with E-state index >= 15 is 0 Å². The molecule has 0 unspecified atom stereocenters. The molecule has 0 saturated carbocycles. The summed E-state index contributed by atoms with van der Waals surface area (Å²) >= 11 is 0. The second-order valence-electron chi connectivity index (χ2n) is 2.25.